The molecule has 0 amide bonds. The van der Waals surface area contributed by atoms with E-state index in [-0.39, 0.29) is 24.5 Å². The third-order valence-electron chi connectivity index (χ3n) is 2.36. The number of methoxy groups -OCH3 is 1. The molecule has 18 heavy (non-hydrogen) atoms. The number of allylic oxidation sites excluding steroid dienone is 1. The van der Waals surface area contributed by atoms with Crippen LogP contribution in [-0.2, 0) is 23.9 Å². The lowest BCUT2D eigenvalue weighted by Gasteiger charge is -2.06. The summed E-state index contributed by atoms with van der Waals surface area (Å²) in [5.41, 5.74) is 0. The molecule has 0 heterocycles. The van der Waals surface area contributed by atoms with Crippen LogP contribution in [0.3, 0.4) is 0 Å². The molecule has 1 atom stereocenters. The average molecular weight is 256 g/mol. The van der Waals surface area contributed by atoms with Crippen molar-refractivity contribution in [2.75, 3.05) is 13.7 Å². The molecule has 0 unspecified atom stereocenters. The Morgan fingerprint density at radius 2 is 2.00 bits per heavy atom. The van der Waals surface area contributed by atoms with E-state index in [1.165, 1.54) is 14.0 Å². The molecule has 0 saturated heterocycles. The summed E-state index contributed by atoms with van der Waals surface area (Å²) < 4.78 is 9.22. The first kappa shape index (κ1) is 16.4. The van der Waals surface area contributed by atoms with Crippen LogP contribution in [0.2, 0.25) is 0 Å². The first-order chi connectivity index (χ1) is 8.60. The highest BCUT2D eigenvalue weighted by atomic mass is 16.5. The number of rotatable bonds is 9. The molecule has 0 aromatic carbocycles. The van der Waals surface area contributed by atoms with Gasteiger partial charge in [0.2, 0.25) is 0 Å². The largest absolute Gasteiger partial charge is 0.469 e. The molecule has 0 radical (unpaired) electrons. The first-order valence-corrected chi connectivity index (χ1v) is 5.90. The average Bonchev–Trinajstić information content (AvgIpc) is 2.35. The van der Waals surface area contributed by atoms with Gasteiger partial charge in [-0.1, -0.05) is 12.2 Å². The number of ether oxygens (including phenoxy) is 2. The summed E-state index contributed by atoms with van der Waals surface area (Å²) in [4.78, 5) is 32.1. The molecule has 0 fully saturated rings. The number of hydrogen-bond donors (Lipinski definition) is 0. The van der Waals surface area contributed by atoms with Crippen molar-refractivity contribution in [3.63, 3.8) is 0 Å². The number of hydrogen-bond acceptors (Lipinski definition) is 5. The topological polar surface area (TPSA) is 69.7 Å². The van der Waals surface area contributed by atoms with E-state index in [1.807, 2.05) is 0 Å². The van der Waals surface area contributed by atoms with E-state index < -0.39 is 0 Å². The molecule has 0 bridgehead atoms. The van der Waals surface area contributed by atoms with Crippen molar-refractivity contribution in [3.05, 3.63) is 12.2 Å². The SMILES string of the molecule is COC(=O)CCC[C@H](C=O)C/C=C/COC(C)=O. The van der Waals surface area contributed by atoms with Crippen LogP contribution in [0, 0.1) is 5.92 Å². The lowest BCUT2D eigenvalue weighted by molar-refractivity contribution is -0.141. The van der Waals surface area contributed by atoms with Crippen LogP contribution in [0.15, 0.2) is 12.2 Å². The zero-order valence-corrected chi connectivity index (χ0v) is 10.9. The van der Waals surface area contributed by atoms with Gasteiger partial charge in [-0.15, -0.1) is 0 Å². The van der Waals surface area contributed by atoms with Crippen LogP contribution in [0.4, 0.5) is 0 Å². The molecule has 102 valence electrons. The van der Waals surface area contributed by atoms with Crippen LogP contribution < -0.4 is 0 Å². The standard InChI is InChI=1S/C13H20O5/c1-11(15)18-9-4-3-6-12(10-14)7-5-8-13(16)17-2/h3-4,10,12H,5-9H2,1-2H3/b4-3+/t12-/m1/s1. The number of aldehydes is 1. The van der Waals surface area contributed by atoms with E-state index in [9.17, 15) is 14.4 Å². The molecule has 5 nitrogen and oxygen atoms in total. The van der Waals surface area contributed by atoms with Gasteiger partial charge in [-0.3, -0.25) is 9.59 Å². The highest BCUT2D eigenvalue weighted by Gasteiger charge is 2.07. The van der Waals surface area contributed by atoms with Gasteiger partial charge in [0.05, 0.1) is 7.11 Å². The molecular weight excluding hydrogens is 236 g/mol. The van der Waals surface area contributed by atoms with Gasteiger partial charge in [-0.2, -0.15) is 0 Å². The normalized spacial score (nSPS) is 12.1. The van der Waals surface area contributed by atoms with Crippen molar-refractivity contribution in [3.8, 4) is 0 Å². The van der Waals surface area contributed by atoms with E-state index >= 15 is 0 Å². The lowest BCUT2D eigenvalue weighted by Crippen LogP contribution is -2.05. The van der Waals surface area contributed by atoms with Gasteiger partial charge >= 0.3 is 11.9 Å². The van der Waals surface area contributed by atoms with E-state index in [0.29, 0.717) is 25.7 Å². The summed E-state index contributed by atoms with van der Waals surface area (Å²) in [6.07, 6.45) is 6.60. The second-order valence-electron chi connectivity index (χ2n) is 3.87. The minimum Gasteiger partial charge on any atom is -0.469 e. The van der Waals surface area contributed by atoms with Crippen molar-refractivity contribution in [2.45, 2.75) is 32.6 Å². The Bertz CT molecular complexity index is 296. The highest BCUT2D eigenvalue weighted by Crippen LogP contribution is 2.11. The van der Waals surface area contributed by atoms with Crippen molar-refractivity contribution in [1.82, 2.24) is 0 Å². The van der Waals surface area contributed by atoms with Gasteiger partial charge in [0.1, 0.15) is 12.9 Å². The van der Waals surface area contributed by atoms with Gasteiger partial charge in [0.15, 0.2) is 0 Å². The third-order valence-corrected chi connectivity index (χ3v) is 2.36. The molecule has 0 aromatic rings. The highest BCUT2D eigenvalue weighted by molar-refractivity contribution is 5.69. The summed E-state index contributed by atoms with van der Waals surface area (Å²) >= 11 is 0. The van der Waals surface area contributed by atoms with Crippen LogP contribution >= 0.6 is 0 Å². The zero-order chi connectivity index (χ0) is 13.8. The monoisotopic (exact) mass is 256 g/mol. The number of carbonyl (C=O) groups is 3. The Morgan fingerprint density at radius 3 is 2.56 bits per heavy atom. The van der Waals surface area contributed by atoms with Crippen LogP contribution in [0.1, 0.15) is 32.6 Å². The van der Waals surface area contributed by atoms with Crippen LogP contribution in [-0.4, -0.2) is 31.9 Å². The third kappa shape index (κ3) is 9.57. The lowest BCUT2D eigenvalue weighted by atomic mass is 10.00. The molecule has 0 spiro atoms. The molecule has 5 heteroatoms. The Labute approximate surface area is 107 Å². The zero-order valence-electron chi connectivity index (χ0n) is 10.9. The Morgan fingerprint density at radius 1 is 1.28 bits per heavy atom. The van der Waals surface area contributed by atoms with Crippen molar-refractivity contribution >= 4 is 18.2 Å². The van der Waals surface area contributed by atoms with Crippen LogP contribution in [0.5, 0.6) is 0 Å². The summed E-state index contributed by atoms with van der Waals surface area (Å²) in [7, 11) is 1.34. The maximum Gasteiger partial charge on any atom is 0.305 e. The smallest absolute Gasteiger partial charge is 0.305 e. The van der Waals surface area contributed by atoms with Crippen molar-refractivity contribution in [2.24, 2.45) is 5.92 Å². The maximum atomic E-state index is 10.9. The minimum absolute atomic E-state index is 0.108. The minimum atomic E-state index is -0.329. The maximum absolute atomic E-state index is 10.9. The van der Waals surface area contributed by atoms with Gasteiger partial charge in [0, 0.05) is 19.3 Å². The van der Waals surface area contributed by atoms with Crippen molar-refractivity contribution < 1.29 is 23.9 Å². The Hall–Kier alpha value is -1.65. The molecule has 0 aromatic heterocycles. The summed E-state index contributed by atoms with van der Waals surface area (Å²) in [5, 5.41) is 0. The fraction of sp³-hybridized carbons (Fsp3) is 0.615. The molecule has 0 N–H and O–H groups in total. The second kappa shape index (κ2) is 10.5. The predicted octanol–water partition coefficient (Wildman–Crippen LogP) is 1.65. The number of carbonyl (C=O) groups excluding carboxylic acids is 3. The summed E-state index contributed by atoms with van der Waals surface area (Å²) in [6.45, 7) is 1.57. The molecule has 0 aliphatic rings. The molecule has 0 saturated carbocycles. The van der Waals surface area contributed by atoms with Crippen molar-refractivity contribution in [1.29, 1.82) is 0 Å². The van der Waals surface area contributed by atoms with Gasteiger partial charge in [-0.05, 0) is 19.3 Å². The van der Waals surface area contributed by atoms with Gasteiger partial charge in [0.25, 0.3) is 0 Å². The number of esters is 2. The quantitative estimate of drug-likeness (QED) is 0.356. The molecular formula is C13H20O5. The van der Waals surface area contributed by atoms with E-state index in [1.54, 1.807) is 12.2 Å². The van der Waals surface area contributed by atoms with E-state index in [2.05, 4.69) is 4.74 Å². The first-order valence-electron chi connectivity index (χ1n) is 5.90. The predicted molar refractivity (Wildman–Crippen MR) is 65.8 cm³/mol. The fourth-order valence-electron chi connectivity index (χ4n) is 1.36. The fourth-order valence-corrected chi connectivity index (χ4v) is 1.36. The molecule has 0 aliphatic heterocycles. The molecule has 0 rings (SSSR count). The van der Waals surface area contributed by atoms with E-state index in [0.717, 1.165) is 6.29 Å². The Balaban J connectivity index is 3.73. The summed E-state index contributed by atoms with van der Waals surface area (Å²) in [5.74, 6) is -0.696. The summed E-state index contributed by atoms with van der Waals surface area (Å²) in [6, 6.07) is 0. The van der Waals surface area contributed by atoms with Crippen LogP contribution in [0.25, 0.3) is 0 Å². The van der Waals surface area contributed by atoms with E-state index in [4.69, 9.17) is 4.74 Å². The molecule has 0 aliphatic carbocycles. The Kier molecular flexibility index (Phi) is 9.54. The van der Waals surface area contributed by atoms with Gasteiger partial charge < -0.3 is 14.3 Å². The second-order valence-corrected chi connectivity index (χ2v) is 3.87. The van der Waals surface area contributed by atoms with Gasteiger partial charge in [-0.25, -0.2) is 0 Å².